The third-order valence-corrected chi connectivity index (χ3v) is 7.00. The number of rotatable bonds is 2. The molecule has 0 aromatic heterocycles. The van der Waals surface area contributed by atoms with Crippen molar-refractivity contribution >= 4 is 34.4 Å². The summed E-state index contributed by atoms with van der Waals surface area (Å²) >= 11 is 6.33. The summed E-state index contributed by atoms with van der Waals surface area (Å²) in [4.78, 5) is 5.05. The summed E-state index contributed by atoms with van der Waals surface area (Å²) < 4.78 is 0. The number of anilines is 4. The standard InChI is InChI=1S/C27H21ClN4/c28-17-8-7-9-18(16-17)29-25-20-11-2-5-14-23(20)32-26-21-12-3-6-15-24(21)31(25)27(32)19-10-1-4-13-22(19)30-26/h1-16,25-27,29-30H/t25-,26+,27-/m0/s1. The first-order valence-corrected chi connectivity index (χ1v) is 11.3. The molecule has 0 fully saturated rings. The molecule has 0 aliphatic carbocycles. The van der Waals surface area contributed by atoms with E-state index in [1.165, 1.54) is 33.8 Å². The normalized spacial score (nSPS) is 21.7. The summed E-state index contributed by atoms with van der Waals surface area (Å²) in [7, 11) is 0. The first-order valence-electron chi connectivity index (χ1n) is 10.9. The molecule has 0 radical (unpaired) electrons. The third kappa shape index (κ3) is 2.44. The molecule has 5 heteroatoms. The number of benzene rings is 4. The van der Waals surface area contributed by atoms with Gasteiger partial charge in [-0.25, -0.2) is 0 Å². The van der Waals surface area contributed by atoms with Crippen LogP contribution in [0, 0.1) is 0 Å². The predicted octanol–water partition coefficient (Wildman–Crippen LogP) is 6.91. The van der Waals surface area contributed by atoms with E-state index in [0.717, 1.165) is 10.7 Å². The molecule has 0 saturated carbocycles. The van der Waals surface area contributed by atoms with Crippen molar-refractivity contribution < 1.29 is 0 Å². The van der Waals surface area contributed by atoms with Gasteiger partial charge < -0.3 is 20.4 Å². The number of nitrogens with zero attached hydrogens (tertiary/aromatic N) is 2. The minimum atomic E-state index is -0.0424. The Bertz CT molecular complexity index is 1350. The summed E-state index contributed by atoms with van der Waals surface area (Å²) in [6.07, 6.45) is 0.119. The Balaban J connectivity index is 1.50. The quantitative estimate of drug-likeness (QED) is 0.357. The molecule has 4 nitrogen and oxygen atoms in total. The van der Waals surface area contributed by atoms with E-state index in [1.807, 2.05) is 18.2 Å². The van der Waals surface area contributed by atoms with Crippen molar-refractivity contribution in [3.05, 3.63) is 119 Å². The molecule has 2 N–H and O–H groups in total. The average molecular weight is 437 g/mol. The van der Waals surface area contributed by atoms with Crippen LogP contribution in [0.4, 0.5) is 22.7 Å². The Hall–Kier alpha value is -3.63. The molecule has 4 aromatic carbocycles. The molecule has 32 heavy (non-hydrogen) atoms. The van der Waals surface area contributed by atoms with Crippen LogP contribution in [0.15, 0.2) is 97.1 Å². The zero-order valence-electron chi connectivity index (χ0n) is 17.2. The van der Waals surface area contributed by atoms with Crippen LogP contribution in [0.25, 0.3) is 0 Å². The van der Waals surface area contributed by atoms with Gasteiger partial charge >= 0.3 is 0 Å². The van der Waals surface area contributed by atoms with Crippen molar-refractivity contribution in [2.45, 2.75) is 18.5 Å². The Labute approximate surface area is 192 Å². The van der Waals surface area contributed by atoms with E-state index in [0.29, 0.717) is 0 Å². The van der Waals surface area contributed by atoms with Crippen LogP contribution in [-0.4, -0.2) is 0 Å². The van der Waals surface area contributed by atoms with Crippen molar-refractivity contribution in [1.29, 1.82) is 0 Å². The van der Waals surface area contributed by atoms with E-state index >= 15 is 0 Å². The van der Waals surface area contributed by atoms with Crippen molar-refractivity contribution in [3.63, 3.8) is 0 Å². The Morgan fingerprint density at radius 1 is 0.688 bits per heavy atom. The fourth-order valence-electron chi connectivity index (χ4n) is 5.50. The molecule has 0 amide bonds. The van der Waals surface area contributed by atoms with Crippen molar-refractivity contribution in [2.24, 2.45) is 0 Å². The molecule has 7 rings (SSSR count). The third-order valence-electron chi connectivity index (χ3n) is 6.76. The minimum Gasteiger partial charge on any atom is -0.361 e. The molecule has 0 spiro atoms. The number of hydrogen-bond donors (Lipinski definition) is 2. The fraction of sp³-hybridized carbons (Fsp3) is 0.111. The first-order chi connectivity index (χ1) is 15.8. The number of hydrogen-bond acceptors (Lipinski definition) is 4. The summed E-state index contributed by atoms with van der Waals surface area (Å²) in [5.41, 5.74) is 8.51. The molecular formula is C27H21ClN4. The number of nitrogens with one attached hydrogen (secondary N) is 2. The average Bonchev–Trinajstić information content (AvgIpc) is 2.83. The fourth-order valence-corrected chi connectivity index (χ4v) is 5.69. The van der Waals surface area contributed by atoms with Gasteiger partial charge in [0.1, 0.15) is 18.5 Å². The highest BCUT2D eigenvalue weighted by Gasteiger charge is 2.50. The van der Waals surface area contributed by atoms with Crippen LogP contribution in [0.2, 0.25) is 5.02 Å². The second-order valence-corrected chi connectivity index (χ2v) is 8.93. The van der Waals surface area contributed by atoms with Gasteiger partial charge in [-0.1, -0.05) is 72.3 Å². The largest absolute Gasteiger partial charge is 0.361 e. The lowest BCUT2D eigenvalue weighted by Gasteiger charge is -2.60. The van der Waals surface area contributed by atoms with E-state index in [-0.39, 0.29) is 18.5 Å². The maximum absolute atomic E-state index is 6.33. The van der Waals surface area contributed by atoms with E-state index in [9.17, 15) is 0 Å². The molecule has 4 bridgehead atoms. The van der Waals surface area contributed by atoms with Crippen LogP contribution < -0.4 is 20.4 Å². The monoisotopic (exact) mass is 436 g/mol. The van der Waals surface area contributed by atoms with E-state index in [2.05, 4.69) is 99.3 Å². The van der Waals surface area contributed by atoms with Gasteiger partial charge in [0.2, 0.25) is 0 Å². The second kappa shape index (κ2) is 6.68. The first kappa shape index (κ1) is 18.0. The maximum Gasteiger partial charge on any atom is 0.134 e. The Morgan fingerprint density at radius 2 is 1.38 bits per heavy atom. The van der Waals surface area contributed by atoms with Crippen LogP contribution in [0.5, 0.6) is 0 Å². The van der Waals surface area contributed by atoms with Crippen molar-refractivity contribution in [2.75, 3.05) is 20.4 Å². The Morgan fingerprint density at radius 3 is 2.19 bits per heavy atom. The maximum atomic E-state index is 6.33. The summed E-state index contributed by atoms with van der Waals surface area (Å²) in [5, 5.41) is 8.35. The summed E-state index contributed by atoms with van der Waals surface area (Å²) in [6, 6.07) is 34.1. The van der Waals surface area contributed by atoms with Gasteiger partial charge in [-0.2, -0.15) is 0 Å². The van der Waals surface area contributed by atoms with Crippen LogP contribution in [0.3, 0.4) is 0 Å². The molecule has 0 saturated heterocycles. The van der Waals surface area contributed by atoms with E-state index in [1.54, 1.807) is 0 Å². The molecule has 3 aliphatic heterocycles. The lowest BCUT2D eigenvalue weighted by atomic mass is 9.88. The molecular weight excluding hydrogens is 416 g/mol. The van der Waals surface area contributed by atoms with Crippen LogP contribution in [-0.2, 0) is 0 Å². The topological polar surface area (TPSA) is 30.5 Å². The molecule has 3 atom stereocenters. The lowest BCUT2D eigenvalue weighted by Crippen LogP contribution is -2.58. The van der Waals surface area contributed by atoms with Crippen molar-refractivity contribution in [1.82, 2.24) is 0 Å². The second-order valence-electron chi connectivity index (χ2n) is 8.50. The molecule has 156 valence electrons. The van der Waals surface area contributed by atoms with E-state index in [4.69, 9.17) is 11.6 Å². The SMILES string of the molecule is Clc1cccc(N[C@@H]2c3ccccc3N3[C@H]4c5ccccc5N[C@H]3c3ccccc3N42)c1. The Kier molecular flexibility index (Phi) is 3.76. The zero-order chi connectivity index (χ0) is 21.2. The zero-order valence-corrected chi connectivity index (χ0v) is 18.0. The molecule has 4 aromatic rings. The highest BCUT2D eigenvalue weighted by Crippen LogP contribution is 2.58. The lowest BCUT2D eigenvalue weighted by molar-refractivity contribution is 0.432. The minimum absolute atomic E-state index is 0.0424. The highest BCUT2D eigenvalue weighted by atomic mass is 35.5. The van der Waals surface area contributed by atoms with Crippen molar-refractivity contribution in [3.8, 4) is 0 Å². The smallest absolute Gasteiger partial charge is 0.134 e. The van der Waals surface area contributed by atoms with Gasteiger partial charge in [0.25, 0.3) is 0 Å². The van der Waals surface area contributed by atoms with Gasteiger partial charge in [0.05, 0.1) is 0 Å². The van der Waals surface area contributed by atoms with Gasteiger partial charge in [-0.3, -0.25) is 0 Å². The number of fused-ring (bicyclic) bond motifs is 5. The predicted molar refractivity (Wildman–Crippen MR) is 131 cm³/mol. The van der Waals surface area contributed by atoms with Gasteiger partial charge in [-0.05, 0) is 36.4 Å². The number of para-hydroxylation sites is 3. The summed E-state index contributed by atoms with van der Waals surface area (Å²) in [5.74, 6) is 0. The summed E-state index contributed by atoms with van der Waals surface area (Å²) in [6.45, 7) is 0. The number of halogens is 1. The highest BCUT2D eigenvalue weighted by molar-refractivity contribution is 6.30. The molecule has 3 heterocycles. The van der Waals surface area contributed by atoms with Gasteiger partial charge in [-0.15, -0.1) is 0 Å². The van der Waals surface area contributed by atoms with Gasteiger partial charge in [0.15, 0.2) is 0 Å². The molecule has 3 aliphatic rings. The van der Waals surface area contributed by atoms with E-state index < -0.39 is 0 Å². The van der Waals surface area contributed by atoms with Crippen LogP contribution in [0.1, 0.15) is 35.2 Å². The van der Waals surface area contributed by atoms with Crippen LogP contribution >= 0.6 is 11.6 Å². The molecule has 0 unspecified atom stereocenters. The van der Waals surface area contributed by atoms with Gasteiger partial charge in [0, 0.05) is 44.5 Å².